The van der Waals surface area contributed by atoms with Crippen LogP contribution in [-0.4, -0.2) is 36.7 Å². The number of nitrogens with zero attached hydrogens (tertiary/aromatic N) is 1. The first-order chi connectivity index (χ1) is 16.9. The van der Waals surface area contributed by atoms with Crippen LogP contribution >= 0.6 is 0 Å². The van der Waals surface area contributed by atoms with Gasteiger partial charge in [-0.25, -0.2) is 21.9 Å². The molecule has 4 rings (SSSR count). The quantitative estimate of drug-likeness (QED) is 0.360. The maximum Gasteiger partial charge on any atom is 0.387 e. The highest BCUT2D eigenvalue weighted by Gasteiger charge is 2.28. The van der Waals surface area contributed by atoms with Crippen LogP contribution in [0.1, 0.15) is 16.1 Å². The van der Waals surface area contributed by atoms with Crippen molar-refractivity contribution in [3.05, 3.63) is 88.0 Å². The molecular weight excluding hydrogens is 506 g/mol. The van der Waals surface area contributed by atoms with Crippen molar-refractivity contribution in [2.45, 2.75) is 13.2 Å². The molecule has 0 atom stereocenters. The highest BCUT2D eigenvalue weighted by Crippen LogP contribution is 2.37. The second-order valence-corrected chi connectivity index (χ2v) is 9.47. The predicted molar refractivity (Wildman–Crippen MR) is 122 cm³/mol. The van der Waals surface area contributed by atoms with Gasteiger partial charge in [0.05, 0.1) is 12.8 Å². The van der Waals surface area contributed by atoms with Gasteiger partial charge in [-0.1, -0.05) is 6.07 Å². The zero-order chi connectivity index (χ0) is 26.2. The number of hydrogen-bond acceptors (Lipinski definition) is 5. The first-order valence-electron chi connectivity index (χ1n) is 10.2. The van der Waals surface area contributed by atoms with E-state index in [1.807, 2.05) is 4.72 Å². The van der Waals surface area contributed by atoms with Crippen molar-refractivity contribution in [2.75, 3.05) is 6.26 Å². The summed E-state index contributed by atoms with van der Waals surface area (Å²) in [6.45, 7) is -3.57. The van der Waals surface area contributed by atoms with Crippen LogP contribution in [0.4, 0.5) is 17.6 Å². The molecular formula is C23H17F4N3O5S. The molecule has 36 heavy (non-hydrogen) atoms. The minimum atomic E-state index is -4.09. The number of rotatable bonds is 7. The summed E-state index contributed by atoms with van der Waals surface area (Å²) in [6, 6.07) is 9.17. The standard InChI is InChI=1S/C23H17F4N3O5S/c1-36(33,34)29-22(32)20-19(15-3-2-8-28-21(15)31)16-10-14(35-23(26)27)6-7-18(16)30(20)11-12-4-5-13(24)9-17(12)25/h2-10,23H,11H2,1H3,(H,28,31)(H,29,32). The Hall–Kier alpha value is -4.13. The molecule has 0 saturated carbocycles. The third kappa shape index (κ3) is 5.10. The van der Waals surface area contributed by atoms with E-state index in [4.69, 9.17) is 0 Å². The van der Waals surface area contributed by atoms with E-state index in [9.17, 15) is 35.6 Å². The van der Waals surface area contributed by atoms with E-state index >= 15 is 0 Å². The van der Waals surface area contributed by atoms with E-state index in [-0.39, 0.29) is 39.0 Å². The van der Waals surface area contributed by atoms with Gasteiger partial charge >= 0.3 is 6.61 Å². The molecule has 0 aliphatic rings. The molecule has 0 fully saturated rings. The lowest BCUT2D eigenvalue weighted by Gasteiger charge is -2.13. The number of amides is 1. The fourth-order valence-electron chi connectivity index (χ4n) is 3.84. The number of carbonyl (C=O) groups excluding carboxylic acids is 1. The molecule has 0 aliphatic heterocycles. The van der Waals surface area contributed by atoms with Crippen LogP contribution in [0.15, 0.2) is 59.5 Å². The van der Waals surface area contributed by atoms with Crippen LogP contribution < -0.4 is 15.0 Å². The molecule has 0 bridgehead atoms. The maximum atomic E-state index is 14.5. The molecule has 188 valence electrons. The van der Waals surface area contributed by atoms with Gasteiger partial charge in [0, 0.05) is 39.9 Å². The predicted octanol–water partition coefficient (Wildman–Crippen LogP) is 3.61. The Morgan fingerprint density at radius 2 is 1.89 bits per heavy atom. The lowest BCUT2D eigenvalue weighted by molar-refractivity contribution is -0.0497. The van der Waals surface area contributed by atoms with Crippen molar-refractivity contribution in [3.63, 3.8) is 0 Å². The summed E-state index contributed by atoms with van der Waals surface area (Å²) < 4.78 is 85.0. The topological polar surface area (TPSA) is 110 Å². The van der Waals surface area contributed by atoms with Gasteiger partial charge in [0.1, 0.15) is 23.1 Å². The number of pyridine rings is 1. The second-order valence-electron chi connectivity index (χ2n) is 7.72. The summed E-state index contributed by atoms with van der Waals surface area (Å²) in [5.74, 6) is -3.24. The number of aromatic amines is 1. The highest BCUT2D eigenvalue weighted by molar-refractivity contribution is 7.89. The molecule has 0 saturated heterocycles. The van der Waals surface area contributed by atoms with Crippen molar-refractivity contribution in [1.29, 1.82) is 0 Å². The van der Waals surface area contributed by atoms with Crippen LogP contribution in [0.3, 0.4) is 0 Å². The van der Waals surface area contributed by atoms with Gasteiger partial charge < -0.3 is 14.3 Å². The number of alkyl halides is 2. The highest BCUT2D eigenvalue weighted by atomic mass is 32.2. The summed E-state index contributed by atoms with van der Waals surface area (Å²) >= 11 is 0. The van der Waals surface area contributed by atoms with E-state index in [2.05, 4.69) is 9.72 Å². The molecule has 2 N–H and O–H groups in total. The number of hydrogen-bond donors (Lipinski definition) is 2. The molecule has 0 aliphatic carbocycles. The van der Waals surface area contributed by atoms with Gasteiger partial charge in [-0.2, -0.15) is 8.78 Å². The molecule has 2 heterocycles. The fraction of sp³-hybridized carbons (Fsp3) is 0.130. The van der Waals surface area contributed by atoms with Crippen molar-refractivity contribution in [1.82, 2.24) is 14.3 Å². The summed E-state index contributed by atoms with van der Waals surface area (Å²) in [7, 11) is -4.09. The zero-order valence-electron chi connectivity index (χ0n) is 18.4. The summed E-state index contributed by atoms with van der Waals surface area (Å²) in [4.78, 5) is 28.3. The third-order valence-corrected chi connectivity index (χ3v) is 5.74. The normalized spacial score (nSPS) is 11.7. The summed E-state index contributed by atoms with van der Waals surface area (Å²) in [5, 5.41) is 0.0750. The smallest absolute Gasteiger partial charge is 0.387 e. The average Bonchev–Trinajstić information content (AvgIpc) is 3.08. The Kier molecular flexibility index (Phi) is 6.59. The molecule has 8 nitrogen and oxygen atoms in total. The Bertz CT molecular complexity index is 1650. The molecule has 0 radical (unpaired) electrons. The Balaban J connectivity index is 2.09. The van der Waals surface area contributed by atoms with Crippen LogP contribution in [0, 0.1) is 11.6 Å². The van der Waals surface area contributed by atoms with Gasteiger partial charge in [0.25, 0.3) is 11.5 Å². The Labute approximate surface area is 201 Å². The van der Waals surface area contributed by atoms with E-state index in [1.54, 1.807) is 0 Å². The summed E-state index contributed by atoms with van der Waals surface area (Å²) in [5.41, 5.74) is -1.13. The number of fused-ring (bicyclic) bond motifs is 1. The zero-order valence-corrected chi connectivity index (χ0v) is 19.2. The van der Waals surface area contributed by atoms with Gasteiger partial charge in [0.2, 0.25) is 10.0 Å². The third-order valence-electron chi connectivity index (χ3n) is 5.18. The van der Waals surface area contributed by atoms with Crippen LogP contribution in [0.2, 0.25) is 0 Å². The molecule has 1 amide bonds. The van der Waals surface area contributed by atoms with Crippen molar-refractivity contribution in [2.24, 2.45) is 0 Å². The van der Waals surface area contributed by atoms with Crippen molar-refractivity contribution in [3.8, 4) is 16.9 Å². The van der Waals surface area contributed by atoms with Crippen LogP contribution in [-0.2, 0) is 16.6 Å². The first kappa shape index (κ1) is 25.0. The van der Waals surface area contributed by atoms with Crippen LogP contribution in [0.25, 0.3) is 22.0 Å². The monoisotopic (exact) mass is 523 g/mol. The average molecular weight is 523 g/mol. The molecule has 2 aromatic carbocycles. The maximum absolute atomic E-state index is 14.5. The van der Waals surface area contributed by atoms with Crippen molar-refractivity contribution >= 4 is 26.8 Å². The van der Waals surface area contributed by atoms with Gasteiger partial charge in [0.15, 0.2) is 0 Å². The number of sulfonamides is 1. The summed E-state index contributed by atoms with van der Waals surface area (Å²) in [6.07, 6.45) is 2.06. The minimum Gasteiger partial charge on any atom is -0.435 e. The first-order valence-corrected chi connectivity index (χ1v) is 12.1. The van der Waals surface area contributed by atoms with E-state index in [1.165, 1.54) is 35.0 Å². The SMILES string of the molecule is CS(=O)(=O)NC(=O)c1c(-c2ccc[nH]c2=O)c2cc(OC(F)F)ccc2n1Cc1ccc(F)cc1F. The number of benzene rings is 2. The lowest BCUT2D eigenvalue weighted by Crippen LogP contribution is -2.32. The number of aromatic nitrogens is 2. The van der Waals surface area contributed by atoms with Gasteiger partial charge in [-0.15, -0.1) is 0 Å². The lowest BCUT2D eigenvalue weighted by atomic mass is 10.0. The van der Waals surface area contributed by atoms with Crippen LogP contribution in [0.5, 0.6) is 5.75 Å². The second kappa shape index (κ2) is 9.49. The number of H-pyrrole nitrogens is 1. The number of carbonyl (C=O) groups is 1. The Morgan fingerprint density at radius 3 is 2.53 bits per heavy atom. The molecule has 13 heteroatoms. The van der Waals surface area contributed by atoms with Gasteiger partial charge in [-0.05, 0) is 36.4 Å². The van der Waals surface area contributed by atoms with E-state index in [0.29, 0.717) is 6.07 Å². The fourth-order valence-corrected chi connectivity index (χ4v) is 4.27. The molecule has 4 aromatic rings. The molecule has 0 unspecified atom stereocenters. The van der Waals surface area contributed by atoms with Crippen molar-refractivity contribution < 1.29 is 35.5 Å². The van der Waals surface area contributed by atoms with E-state index < -0.39 is 46.3 Å². The largest absolute Gasteiger partial charge is 0.435 e. The number of halogens is 4. The Morgan fingerprint density at radius 1 is 1.14 bits per heavy atom. The minimum absolute atomic E-state index is 0.0665. The van der Waals surface area contributed by atoms with Gasteiger partial charge in [-0.3, -0.25) is 9.59 Å². The molecule has 0 spiro atoms. The molecule has 2 aromatic heterocycles. The number of ether oxygens (including phenoxy) is 1. The van der Waals surface area contributed by atoms with E-state index in [0.717, 1.165) is 24.5 Å². The number of nitrogens with one attached hydrogen (secondary N) is 2.